The molecule has 0 aliphatic heterocycles. The van der Waals surface area contributed by atoms with Crippen molar-refractivity contribution in [2.75, 3.05) is 13.7 Å². The van der Waals surface area contributed by atoms with E-state index in [1.807, 2.05) is 0 Å². The van der Waals surface area contributed by atoms with Gasteiger partial charge in [0, 0.05) is 7.11 Å². The fourth-order valence-corrected chi connectivity index (χ4v) is 1.40. The largest absolute Gasteiger partial charge is 0.462 e. The third-order valence-electron chi connectivity index (χ3n) is 1.48. The molecular weight excluding hydrogens is 254 g/mol. The van der Waals surface area contributed by atoms with E-state index >= 15 is 0 Å². The van der Waals surface area contributed by atoms with E-state index in [0.29, 0.717) is 12.3 Å². The van der Waals surface area contributed by atoms with E-state index in [-0.39, 0.29) is 16.8 Å². The van der Waals surface area contributed by atoms with E-state index in [0.717, 1.165) is 0 Å². The topological polar surface area (TPSA) is 61.6 Å². The number of nitrogens with zero attached hydrogens (tertiary/aromatic N) is 1. The van der Waals surface area contributed by atoms with Crippen molar-refractivity contribution >= 4 is 21.9 Å². The highest BCUT2D eigenvalue weighted by Crippen LogP contribution is 2.21. The number of carbonyl (C=O) groups is 1. The molecule has 1 heterocycles. The average molecular weight is 264 g/mol. The number of carbonyl (C=O) groups excluding carboxylic acids is 1. The molecule has 14 heavy (non-hydrogen) atoms. The van der Waals surface area contributed by atoms with Crippen molar-refractivity contribution in [3.8, 4) is 0 Å². The Kier molecular flexibility index (Phi) is 4.09. The lowest BCUT2D eigenvalue weighted by Crippen LogP contribution is -2.07. The first-order valence-electron chi connectivity index (χ1n) is 4.00. The summed E-state index contributed by atoms with van der Waals surface area (Å²) in [5.41, 5.74) is 0.714. The minimum Gasteiger partial charge on any atom is -0.462 e. The van der Waals surface area contributed by atoms with Crippen LogP contribution in [0.25, 0.3) is 0 Å². The Morgan fingerprint density at radius 3 is 2.93 bits per heavy atom. The zero-order valence-corrected chi connectivity index (χ0v) is 9.46. The molecule has 0 atom stereocenters. The lowest BCUT2D eigenvalue weighted by Gasteiger charge is -2.00. The maximum absolute atomic E-state index is 11.4. The van der Waals surface area contributed by atoms with Crippen LogP contribution in [0.4, 0.5) is 0 Å². The van der Waals surface area contributed by atoms with Gasteiger partial charge in [0.2, 0.25) is 4.67 Å². The first-order chi connectivity index (χ1) is 6.70. The van der Waals surface area contributed by atoms with Crippen LogP contribution >= 0.6 is 15.9 Å². The molecule has 0 saturated heterocycles. The fourth-order valence-electron chi connectivity index (χ4n) is 0.936. The lowest BCUT2D eigenvalue weighted by atomic mass is 10.2. The van der Waals surface area contributed by atoms with E-state index in [1.54, 1.807) is 6.92 Å². The molecule has 0 spiro atoms. The Morgan fingerprint density at radius 1 is 1.64 bits per heavy atom. The molecule has 6 heteroatoms. The van der Waals surface area contributed by atoms with Crippen LogP contribution in [0.5, 0.6) is 0 Å². The van der Waals surface area contributed by atoms with Crippen LogP contribution in [0.1, 0.15) is 23.0 Å². The minimum absolute atomic E-state index is 0.212. The number of halogens is 1. The van der Waals surface area contributed by atoms with Gasteiger partial charge in [0.25, 0.3) is 0 Å². The van der Waals surface area contributed by atoms with Crippen LogP contribution in [-0.4, -0.2) is 24.8 Å². The summed E-state index contributed by atoms with van der Waals surface area (Å²) in [6.07, 6.45) is 0. The maximum atomic E-state index is 11.4. The summed E-state index contributed by atoms with van der Waals surface area (Å²) in [5.74, 6) is -0.465. The molecule has 0 saturated carbocycles. The fraction of sp³-hybridized carbons (Fsp3) is 0.500. The second kappa shape index (κ2) is 5.11. The molecule has 5 nitrogen and oxygen atoms in total. The Labute approximate surface area is 89.5 Å². The van der Waals surface area contributed by atoms with Crippen LogP contribution in [0.3, 0.4) is 0 Å². The molecule has 0 aliphatic carbocycles. The van der Waals surface area contributed by atoms with E-state index in [2.05, 4.69) is 21.1 Å². The molecule has 78 valence electrons. The van der Waals surface area contributed by atoms with Gasteiger partial charge in [-0.05, 0) is 22.9 Å². The number of aromatic nitrogens is 1. The van der Waals surface area contributed by atoms with Crippen molar-refractivity contribution in [2.24, 2.45) is 0 Å². The van der Waals surface area contributed by atoms with Crippen LogP contribution in [0.15, 0.2) is 9.19 Å². The highest BCUT2D eigenvalue weighted by atomic mass is 79.9. The van der Waals surface area contributed by atoms with Crippen molar-refractivity contribution in [1.29, 1.82) is 0 Å². The quantitative estimate of drug-likeness (QED) is 0.775. The minimum atomic E-state index is -0.465. The maximum Gasteiger partial charge on any atom is 0.344 e. The Bertz CT molecular complexity index is 323. The van der Waals surface area contributed by atoms with Crippen molar-refractivity contribution in [1.82, 2.24) is 5.16 Å². The standard InChI is InChI=1S/C8H10BrNO4/c1-3-13-8(11)6-5(4-12-2)10-14-7(6)9/h3-4H2,1-2H3. The molecule has 0 aromatic carbocycles. The van der Waals surface area contributed by atoms with Gasteiger partial charge in [-0.2, -0.15) is 0 Å². The molecule has 1 rings (SSSR count). The number of hydrogen-bond donors (Lipinski definition) is 0. The first-order valence-corrected chi connectivity index (χ1v) is 4.80. The van der Waals surface area contributed by atoms with Crippen molar-refractivity contribution in [2.45, 2.75) is 13.5 Å². The Balaban J connectivity index is 2.92. The van der Waals surface area contributed by atoms with Gasteiger partial charge < -0.3 is 14.0 Å². The normalized spacial score (nSPS) is 10.2. The van der Waals surface area contributed by atoms with Crippen LogP contribution in [0, 0.1) is 0 Å². The predicted molar refractivity (Wildman–Crippen MR) is 50.9 cm³/mol. The Morgan fingerprint density at radius 2 is 2.36 bits per heavy atom. The highest BCUT2D eigenvalue weighted by Gasteiger charge is 2.22. The van der Waals surface area contributed by atoms with Gasteiger partial charge in [-0.1, -0.05) is 5.16 Å². The molecule has 0 amide bonds. The SMILES string of the molecule is CCOC(=O)c1c(COC)noc1Br. The summed E-state index contributed by atoms with van der Waals surface area (Å²) in [6, 6.07) is 0. The number of ether oxygens (including phenoxy) is 2. The summed E-state index contributed by atoms with van der Waals surface area (Å²) in [5, 5.41) is 3.66. The van der Waals surface area contributed by atoms with E-state index < -0.39 is 5.97 Å². The van der Waals surface area contributed by atoms with Crippen molar-refractivity contribution in [3.05, 3.63) is 15.9 Å². The highest BCUT2D eigenvalue weighted by molar-refractivity contribution is 9.10. The van der Waals surface area contributed by atoms with Gasteiger partial charge in [-0.3, -0.25) is 0 Å². The van der Waals surface area contributed by atoms with Crippen LogP contribution in [-0.2, 0) is 16.1 Å². The van der Waals surface area contributed by atoms with Crippen LogP contribution in [0.2, 0.25) is 0 Å². The van der Waals surface area contributed by atoms with E-state index in [4.69, 9.17) is 14.0 Å². The molecule has 0 aliphatic rings. The predicted octanol–water partition coefficient (Wildman–Crippen LogP) is 1.76. The molecule has 1 aromatic heterocycles. The average Bonchev–Trinajstić information content (AvgIpc) is 2.48. The number of esters is 1. The van der Waals surface area contributed by atoms with Gasteiger partial charge in [-0.25, -0.2) is 4.79 Å². The Hall–Kier alpha value is -0.880. The summed E-state index contributed by atoms with van der Waals surface area (Å²) in [4.78, 5) is 11.4. The van der Waals surface area contributed by atoms with Gasteiger partial charge in [-0.15, -0.1) is 0 Å². The smallest absolute Gasteiger partial charge is 0.344 e. The van der Waals surface area contributed by atoms with E-state index in [9.17, 15) is 4.79 Å². The third kappa shape index (κ3) is 2.33. The van der Waals surface area contributed by atoms with Gasteiger partial charge in [0.15, 0.2) is 0 Å². The molecule has 0 fully saturated rings. The molecular formula is C8H10BrNO4. The summed E-state index contributed by atoms with van der Waals surface area (Å²) in [6.45, 7) is 2.25. The summed E-state index contributed by atoms with van der Waals surface area (Å²) in [7, 11) is 1.51. The molecule has 1 aromatic rings. The monoisotopic (exact) mass is 263 g/mol. The molecule has 0 bridgehead atoms. The van der Waals surface area contributed by atoms with Crippen LogP contribution < -0.4 is 0 Å². The van der Waals surface area contributed by atoms with Gasteiger partial charge in [0.05, 0.1) is 13.2 Å². The first kappa shape index (κ1) is 11.2. The van der Waals surface area contributed by atoms with Gasteiger partial charge >= 0.3 is 5.97 Å². The molecule has 0 radical (unpaired) electrons. The zero-order valence-electron chi connectivity index (χ0n) is 7.87. The molecule has 0 N–H and O–H groups in total. The number of methoxy groups -OCH3 is 1. The van der Waals surface area contributed by atoms with Gasteiger partial charge in [0.1, 0.15) is 11.3 Å². The van der Waals surface area contributed by atoms with Crippen molar-refractivity contribution < 1.29 is 18.8 Å². The summed E-state index contributed by atoms with van der Waals surface area (Å²) >= 11 is 3.07. The zero-order chi connectivity index (χ0) is 10.6. The number of rotatable bonds is 4. The van der Waals surface area contributed by atoms with E-state index in [1.165, 1.54) is 7.11 Å². The second-order valence-electron chi connectivity index (χ2n) is 2.43. The lowest BCUT2D eigenvalue weighted by molar-refractivity contribution is 0.0520. The summed E-state index contributed by atoms with van der Waals surface area (Å²) < 4.78 is 14.8. The number of hydrogen-bond acceptors (Lipinski definition) is 5. The third-order valence-corrected chi connectivity index (χ3v) is 2.02. The molecule has 0 unspecified atom stereocenters. The van der Waals surface area contributed by atoms with Crippen molar-refractivity contribution in [3.63, 3.8) is 0 Å². The second-order valence-corrected chi connectivity index (χ2v) is 3.15.